The second-order valence-electron chi connectivity index (χ2n) is 5.64. The predicted molar refractivity (Wildman–Crippen MR) is 70.2 cm³/mol. The van der Waals surface area contributed by atoms with Crippen LogP contribution in [0.3, 0.4) is 0 Å². The van der Waals surface area contributed by atoms with Gasteiger partial charge in [0.25, 0.3) is 5.92 Å². The Kier molecular flexibility index (Phi) is 5.73. The molecule has 20 heavy (non-hydrogen) atoms. The molecule has 1 aliphatic rings. The monoisotopic (exact) mass is 288 g/mol. The molecule has 1 amide bonds. The van der Waals surface area contributed by atoms with Gasteiger partial charge in [-0.2, -0.15) is 5.26 Å². The van der Waals surface area contributed by atoms with E-state index in [9.17, 15) is 13.6 Å². The second-order valence-corrected chi connectivity index (χ2v) is 5.64. The van der Waals surface area contributed by atoms with Crippen LogP contribution in [0, 0.1) is 29.1 Å². The summed E-state index contributed by atoms with van der Waals surface area (Å²) in [5.74, 6) is -2.74. The van der Waals surface area contributed by atoms with E-state index in [4.69, 9.17) is 5.26 Å². The van der Waals surface area contributed by atoms with Crippen LogP contribution in [0.2, 0.25) is 0 Å². The van der Waals surface area contributed by atoms with Gasteiger partial charge in [0.15, 0.2) is 6.61 Å². The molecule has 1 heterocycles. The maximum atomic E-state index is 13.1. The lowest BCUT2D eigenvalue weighted by Gasteiger charge is -2.37. The van der Waals surface area contributed by atoms with Gasteiger partial charge in [0, 0.05) is 19.5 Å². The lowest BCUT2D eigenvalue weighted by Crippen LogP contribution is -2.46. The lowest BCUT2D eigenvalue weighted by molar-refractivity contribution is -0.0648. The molecular weight excluding hydrogens is 266 g/mol. The average Bonchev–Trinajstić information content (AvgIpc) is 2.44. The number of nitrogens with zero attached hydrogens (tertiary/aromatic N) is 2. The molecule has 0 bridgehead atoms. The van der Waals surface area contributed by atoms with Crippen molar-refractivity contribution >= 4 is 6.09 Å². The first-order chi connectivity index (χ1) is 9.30. The smallest absolute Gasteiger partial charge is 0.409 e. The highest BCUT2D eigenvalue weighted by atomic mass is 19.3. The van der Waals surface area contributed by atoms with Crippen molar-refractivity contribution in [1.29, 1.82) is 5.26 Å². The summed E-state index contributed by atoms with van der Waals surface area (Å²) in [6.45, 7) is 5.24. The maximum absolute atomic E-state index is 13.1. The molecule has 1 fully saturated rings. The number of likely N-dealkylation sites (tertiary alicyclic amines) is 1. The van der Waals surface area contributed by atoms with Crippen LogP contribution in [0.5, 0.6) is 0 Å². The van der Waals surface area contributed by atoms with Gasteiger partial charge in [0.2, 0.25) is 0 Å². The zero-order valence-electron chi connectivity index (χ0n) is 12.2. The van der Waals surface area contributed by atoms with Gasteiger partial charge in [-0.15, -0.1) is 0 Å². The number of carbonyl (C=O) groups is 1. The third-order valence-corrected chi connectivity index (χ3v) is 3.86. The van der Waals surface area contributed by atoms with Gasteiger partial charge >= 0.3 is 6.09 Å². The summed E-state index contributed by atoms with van der Waals surface area (Å²) in [6, 6.07) is 2.26. The van der Waals surface area contributed by atoms with Crippen LogP contribution < -0.4 is 0 Å². The first-order valence-electron chi connectivity index (χ1n) is 7.00. The first-order valence-corrected chi connectivity index (χ1v) is 7.00. The molecule has 2 atom stereocenters. The van der Waals surface area contributed by atoms with Crippen LogP contribution in [-0.2, 0) is 4.74 Å². The van der Waals surface area contributed by atoms with Gasteiger partial charge in [0.1, 0.15) is 0 Å². The van der Waals surface area contributed by atoms with E-state index in [0.29, 0.717) is 19.5 Å². The SMILES string of the molecule is CCC(F)(F)COC(=O)N1CCC(C#N)C(C(C)C)C1. The molecule has 2 unspecified atom stereocenters. The average molecular weight is 288 g/mol. The van der Waals surface area contributed by atoms with Gasteiger partial charge in [0.05, 0.1) is 12.0 Å². The molecule has 0 spiro atoms. The fourth-order valence-corrected chi connectivity index (χ4v) is 2.34. The molecule has 0 aromatic heterocycles. The first kappa shape index (κ1) is 16.7. The molecule has 0 radical (unpaired) electrons. The van der Waals surface area contributed by atoms with E-state index in [2.05, 4.69) is 10.8 Å². The molecule has 0 saturated carbocycles. The van der Waals surface area contributed by atoms with E-state index in [1.807, 2.05) is 13.8 Å². The highest BCUT2D eigenvalue weighted by Crippen LogP contribution is 2.29. The molecule has 0 aromatic carbocycles. The molecule has 0 aliphatic carbocycles. The molecule has 6 heteroatoms. The molecule has 1 saturated heterocycles. The lowest BCUT2D eigenvalue weighted by atomic mass is 9.79. The number of rotatable bonds is 4. The van der Waals surface area contributed by atoms with E-state index in [1.165, 1.54) is 11.8 Å². The van der Waals surface area contributed by atoms with Crippen molar-refractivity contribution in [3.8, 4) is 6.07 Å². The summed E-state index contributed by atoms with van der Waals surface area (Å²) in [5.41, 5.74) is 0. The van der Waals surface area contributed by atoms with Crippen molar-refractivity contribution in [3.05, 3.63) is 0 Å². The summed E-state index contributed by atoms with van der Waals surface area (Å²) in [4.78, 5) is 13.2. The fraction of sp³-hybridized carbons (Fsp3) is 0.857. The minimum Gasteiger partial charge on any atom is -0.443 e. The Bertz CT molecular complexity index is 380. The van der Waals surface area contributed by atoms with Gasteiger partial charge in [-0.25, -0.2) is 13.6 Å². The molecular formula is C14H22F2N2O2. The predicted octanol–water partition coefficient (Wildman–Crippen LogP) is 3.29. The summed E-state index contributed by atoms with van der Waals surface area (Å²) in [6.07, 6.45) is -0.496. The quantitative estimate of drug-likeness (QED) is 0.797. The Balaban J connectivity index is 2.56. The summed E-state index contributed by atoms with van der Waals surface area (Å²) < 4.78 is 30.8. The molecule has 0 aromatic rings. The normalized spacial score (nSPS) is 23.6. The zero-order chi connectivity index (χ0) is 15.3. The van der Waals surface area contributed by atoms with Crippen LogP contribution >= 0.6 is 0 Å². The molecule has 114 valence electrons. The van der Waals surface area contributed by atoms with Crippen LogP contribution in [-0.4, -0.2) is 36.6 Å². The minimum absolute atomic E-state index is 0.0629. The topological polar surface area (TPSA) is 53.3 Å². The number of piperidine rings is 1. The van der Waals surface area contributed by atoms with Crippen LogP contribution in [0.1, 0.15) is 33.6 Å². The van der Waals surface area contributed by atoms with E-state index in [-0.39, 0.29) is 24.2 Å². The number of amides is 1. The Labute approximate surface area is 118 Å². The highest BCUT2D eigenvalue weighted by Gasteiger charge is 2.35. The van der Waals surface area contributed by atoms with Gasteiger partial charge in [-0.1, -0.05) is 20.8 Å². The van der Waals surface area contributed by atoms with Crippen LogP contribution in [0.25, 0.3) is 0 Å². The maximum Gasteiger partial charge on any atom is 0.409 e. The van der Waals surface area contributed by atoms with E-state index < -0.39 is 18.6 Å². The Morgan fingerprint density at radius 2 is 2.20 bits per heavy atom. The fourth-order valence-electron chi connectivity index (χ4n) is 2.34. The highest BCUT2D eigenvalue weighted by molar-refractivity contribution is 5.67. The van der Waals surface area contributed by atoms with Crippen molar-refractivity contribution in [3.63, 3.8) is 0 Å². The minimum atomic E-state index is -2.97. The third kappa shape index (κ3) is 4.32. The van der Waals surface area contributed by atoms with Crippen LogP contribution in [0.15, 0.2) is 0 Å². The summed E-state index contributed by atoms with van der Waals surface area (Å²) in [5, 5.41) is 9.09. The number of hydrogen-bond donors (Lipinski definition) is 0. The molecule has 1 aliphatic heterocycles. The van der Waals surface area contributed by atoms with Crippen molar-refractivity contribution in [1.82, 2.24) is 4.90 Å². The van der Waals surface area contributed by atoms with E-state index in [1.54, 1.807) is 0 Å². The van der Waals surface area contributed by atoms with Crippen LogP contribution in [0.4, 0.5) is 13.6 Å². The Hall–Kier alpha value is -1.38. The summed E-state index contributed by atoms with van der Waals surface area (Å²) in [7, 11) is 0. The van der Waals surface area contributed by atoms with Crippen molar-refractivity contribution < 1.29 is 18.3 Å². The Morgan fingerprint density at radius 1 is 1.55 bits per heavy atom. The van der Waals surface area contributed by atoms with Gasteiger partial charge in [-0.05, 0) is 18.3 Å². The number of carbonyl (C=O) groups excluding carboxylic acids is 1. The number of alkyl halides is 2. The second kappa shape index (κ2) is 6.87. The number of halogens is 2. The molecule has 1 rings (SSSR count). The number of hydrogen-bond acceptors (Lipinski definition) is 3. The summed E-state index contributed by atoms with van der Waals surface area (Å²) >= 11 is 0. The van der Waals surface area contributed by atoms with Gasteiger partial charge < -0.3 is 9.64 Å². The molecule has 0 N–H and O–H groups in total. The number of nitriles is 1. The zero-order valence-corrected chi connectivity index (χ0v) is 12.2. The van der Waals surface area contributed by atoms with Crippen molar-refractivity contribution in [2.24, 2.45) is 17.8 Å². The van der Waals surface area contributed by atoms with Gasteiger partial charge in [-0.3, -0.25) is 0 Å². The van der Waals surface area contributed by atoms with Crippen molar-refractivity contribution in [2.45, 2.75) is 39.5 Å². The van der Waals surface area contributed by atoms with E-state index >= 15 is 0 Å². The molecule has 4 nitrogen and oxygen atoms in total. The van der Waals surface area contributed by atoms with E-state index in [0.717, 1.165) is 0 Å². The number of ether oxygens (including phenoxy) is 1. The largest absolute Gasteiger partial charge is 0.443 e. The van der Waals surface area contributed by atoms with Crippen molar-refractivity contribution in [2.75, 3.05) is 19.7 Å². The third-order valence-electron chi connectivity index (χ3n) is 3.86. The standard InChI is InChI=1S/C14H22F2N2O2/c1-4-14(15,16)9-20-13(19)18-6-5-11(7-17)12(8-18)10(2)3/h10-12H,4-6,8-9H2,1-3H3. The Morgan fingerprint density at radius 3 is 2.70 bits per heavy atom.